The molecule has 1 aliphatic rings. The van der Waals surface area contributed by atoms with Crippen molar-refractivity contribution in [3.05, 3.63) is 28.2 Å². The van der Waals surface area contributed by atoms with Crippen molar-refractivity contribution in [2.45, 2.75) is 18.9 Å². The van der Waals surface area contributed by atoms with Crippen molar-refractivity contribution in [2.24, 2.45) is 0 Å². The molecule has 0 aliphatic heterocycles. The van der Waals surface area contributed by atoms with Crippen LogP contribution in [0.2, 0.25) is 0 Å². The number of hydrogen-bond donors (Lipinski definition) is 1. The first-order chi connectivity index (χ1) is 9.99. The summed E-state index contributed by atoms with van der Waals surface area (Å²) in [6.45, 7) is 0.441. The molecular formula is C15H19BrN2O3. The van der Waals surface area contributed by atoms with Gasteiger partial charge >= 0.3 is 0 Å². The van der Waals surface area contributed by atoms with Gasteiger partial charge in [-0.1, -0.05) is 0 Å². The number of likely N-dealkylation sites (N-methyl/N-ethyl adjacent to an activating group) is 1. The van der Waals surface area contributed by atoms with E-state index in [9.17, 15) is 9.59 Å². The Labute approximate surface area is 132 Å². The normalized spacial score (nSPS) is 14.1. The number of nitrogens with one attached hydrogen (secondary N) is 1. The Hall–Kier alpha value is -1.40. The lowest BCUT2D eigenvalue weighted by Gasteiger charge is -2.15. The number of carbonyl (C=O) groups is 2. The number of carbonyl (C=O) groups excluding carboxylic acids is 2. The quantitative estimate of drug-likeness (QED) is 0.759. The van der Waals surface area contributed by atoms with Gasteiger partial charge in [-0.15, -0.1) is 0 Å². The molecule has 0 radical (unpaired) electrons. The van der Waals surface area contributed by atoms with E-state index in [4.69, 9.17) is 4.74 Å². The van der Waals surface area contributed by atoms with Crippen molar-refractivity contribution < 1.29 is 14.3 Å². The van der Waals surface area contributed by atoms with Gasteiger partial charge in [0.15, 0.2) is 5.78 Å². The summed E-state index contributed by atoms with van der Waals surface area (Å²) in [7, 11) is 3.34. The molecule has 1 fully saturated rings. The summed E-state index contributed by atoms with van der Waals surface area (Å²) >= 11 is 3.36. The number of ketones is 1. The maximum atomic E-state index is 12.2. The Balaban J connectivity index is 1.87. The van der Waals surface area contributed by atoms with Gasteiger partial charge in [0.1, 0.15) is 5.75 Å². The van der Waals surface area contributed by atoms with Gasteiger partial charge in [-0.3, -0.25) is 14.5 Å². The predicted molar refractivity (Wildman–Crippen MR) is 83.7 cm³/mol. The molecule has 1 N–H and O–H groups in total. The van der Waals surface area contributed by atoms with Crippen LogP contribution in [0.15, 0.2) is 22.7 Å². The summed E-state index contributed by atoms with van der Waals surface area (Å²) in [5.74, 6) is 0.632. The highest BCUT2D eigenvalue weighted by Gasteiger charge is 2.23. The molecule has 0 saturated heterocycles. The average molecular weight is 355 g/mol. The van der Waals surface area contributed by atoms with Crippen LogP contribution in [0.25, 0.3) is 0 Å². The summed E-state index contributed by atoms with van der Waals surface area (Å²) in [5, 5.41) is 2.91. The van der Waals surface area contributed by atoms with Crippen LogP contribution in [0.1, 0.15) is 23.2 Å². The Morgan fingerprint density at radius 3 is 2.67 bits per heavy atom. The summed E-state index contributed by atoms with van der Waals surface area (Å²) in [6, 6.07) is 5.56. The molecule has 1 aliphatic carbocycles. The van der Waals surface area contributed by atoms with Gasteiger partial charge < -0.3 is 10.1 Å². The highest BCUT2D eigenvalue weighted by Crippen LogP contribution is 2.25. The Bertz CT molecular complexity index is 544. The molecule has 2 rings (SSSR count). The molecule has 0 heterocycles. The molecule has 0 bridgehead atoms. The fourth-order valence-electron chi connectivity index (χ4n) is 1.98. The Kier molecular flexibility index (Phi) is 5.36. The number of Topliss-reactive ketones (excluding diaryl/α,β-unsaturated/α-hetero) is 1. The highest BCUT2D eigenvalue weighted by molar-refractivity contribution is 9.10. The van der Waals surface area contributed by atoms with Gasteiger partial charge in [0.25, 0.3) is 0 Å². The minimum atomic E-state index is -0.0277. The Morgan fingerprint density at radius 2 is 2.10 bits per heavy atom. The number of nitrogens with zero attached hydrogens (tertiary/aromatic N) is 1. The van der Waals surface area contributed by atoms with Crippen LogP contribution < -0.4 is 10.1 Å². The number of benzene rings is 1. The van der Waals surface area contributed by atoms with E-state index in [0.29, 0.717) is 17.4 Å². The van der Waals surface area contributed by atoms with Gasteiger partial charge in [-0.05, 0) is 54.0 Å². The average Bonchev–Trinajstić information content (AvgIpc) is 3.21. The molecule has 1 saturated carbocycles. The minimum Gasteiger partial charge on any atom is -0.496 e. The SMILES string of the molecule is COc1ccc(C(=O)CN(C)CC(=O)NC2CC2)cc1Br. The smallest absolute Gasteiger partial charge is 0.234 e. The first-order valence-electron chi connectivity index (χ1n) is 6.84. The van der Waals surface area contributed by atoms with E-state index >= 15 is 0 Å². The molecule has 0 spiro atoms. The summed E-state index contributed by atoms with van der Waals surface area (Å²) in [5.41, 5.74) is 0.595. The first-order valence-corrected chi connectivity index (χ1v) is 7.63. The van der Waals surface area contributed by atoms with Gasteiger partial charge in [-0.2, -0.15) is 0 Å². The lowest BCUT2D eigenvalue weighted by atomic mass is 10.1. The van der Waals surface area contributed by atoms with E-state index in [-0.39, 0.29) is 24.8 Å². The summed E-state index contributed by atoms with van der Waals surface area (Å²) < 4.78 is 5.88. The maximum Gasteiger partial charge on any atom is 0.234 e. The van der Waals surface area contributed by atoms with E-state index in [2.05, 4.69) is 21.2 Å². The zero-order valence-electron chi connectivity index (χ0n) is 12.2. The van der Waals surface area contributed by atoms with Crippen molar-refractivity contribution in [3.8, 4) is 5.75 Å². The molecule has 114 valence electrons. The first kappa shape index (κ1) is 16.0. The fourth-order valence-corrected chi connectivity index (χ4v) is 2.52. The highest BCUT2D eigenvalue weighted by atomic mass is 79.9. The largest absolute Gasteiger partial charge is 0.496 e. The zero-order chi connectivity index (χ0) is 15.4. The van der Waals surface area contributed by atoms with Gasteiger partial charge in [-0.25, -0.2) is 0 Å². The molecular weight excluding hydrogens is 336 g/mol. The van der Waals surface area contributed by atoms with Crippen molar-refractivity contribution in [1.29, 1.82) is 0 Å². The monoisotopic (exact) mass is 354 g/mol. The lowest BCUT2D eigenvalue weighted by molar-refractivity contribution is -0.121. The van der Waals surface area contributed by atoms with E-state index in [1.54, 1.807) is 37.3 Å². The number of ether oxygens (including phenoxy) is 1. The van der Waals surface area contributed by atoms with E-state index in [1.807, 2.05) is 0 Å². The van der Waals surface area contributed by atoms with E-state index < -0.39 is 0 Å². The predicted octanol–water partition coefficient (Wildman–Crippen LogP) is 1.85. The molecule has 0 unspecified atom stereocenters. The lowest BCUT2D eigenvalue weighted by Crippen LogP contribution is -2.38. The van der Waals surface area contributed by atoms with Gasteiger partial charge in [0, 0.05) is 11.6 Å². The topological polar surface area (TPSA) is 58.6 Å². The number of amides is 1. The second kappa shape index (κ2) is 7.04. The van der Waals surface area contributed by atoms with Crippen LogP contribution in [0.5, 0.6) is 5.75 Å². The molecule has 1 aromatic carbocycles. The van der Waals surface area contributed by atoms with Crippen molar-refractivity contribution in [2.75, 3.05) is 27.2 Å². The molecule has 0 atom stereocenters. The third-order valence-corrected chi connectivity index (χ3v) is 3.86. The van der Waals surface area contributed by atoms with Crippen LogP contribution in [0.4, 0.5) is 0 Å². The second-order valence-corrected chi connectivity index (χ2v) is 6.14. The summed E-state index contributed by atoms with van der Waals surface area (Å²) in [6.07, 6.45) is 2.13. The molecule has 6 heteroatoms. The number of halogens is 1. The van der Waals surface area contributed by atoms with Crippen molar-refractivity contribution in [1.82, 2.24) is 10.2 Å². The van der Waals surface area contributed by atoms with E-state index in [0.717, 1.165) is 17.3 Å². The van der Waals surface area contributed by atoms with Crippen molar-refractivity contribution >= 4 is 27.6 Å². The molecule has 5 nitrogen and oxygen atoms in total. The van der Waals surface area contributed by atoms with Crippen LogP contribution in [0, 0.1) is 0 Å². The summed E-state index contributed by atoms with van der Waals surface area (Å²) in [4.78, 5) is 25.6. The fraction of sp³-hybridized carbons (Fsp3) is 0.467. The van der Waals surface area contributed by atoms with Gasteiger partial charge in [0.05, 0.1) is 24.7 Å². The molecule has 1 amide bonds. The third kappa shape index (κ3) is 4.82. The third-order valence-electron chi connectivity index (χ3n) is 3.24. The minimum absolute atomic E-state index is 0.0243. The molecule has 1 aromatic rings. The van der Waals surface area contributed by atoms with Crippen LogP contribution in [-0.4, -0.2) is 49.9 Å². The number of rotatable bonds is 7. The Morgan fingerprint density at radius 1 is 1.38 bits per heavy atom. The standard InChI is InChI=1S/C15H19BrN2O3/c1-18(9-15(20)17-11-4-5-11)8-13(19)10-3-6-14(21-2)12(16)7-10/h3,6-7,11H,4-5,8-9H2,1-2H3,(H,17,20). The van der Waals surface area contributed by atoms with E-state index in [1.165, 1.54) is 0 Å². The van der Waals surface area contributed by atoms with Crippen LogP contribution >= 0.6 is 15.9 Å². The van der Waals surface area contributed by atoms with Crippen LogP contribution in [-0.2, 0) is 4.79 Å². The second-order valence-electron chi connectivity index (χ2n) is 5.29. The van der Waals surface area contributed by atoms with Gasteiger partial charge in [0.2, 0.25) is 5.91 Å². The number of hydrogen-bond acceptors (Lipinski definition) is 4. The maximum absolute atomic E-state index is 12.2. The van der Waals surface area contributed by atoms with Crippen LogP contribution in [0.3, 0.4) is 0 Å². The molecule has 0 aromatic heterocycles. The van der Waals surface area contributed by atoms with Crippen molar-refractivity contribution in [3.63, 3.8) is 0 Å². The molecule has 21 heavy (non-hydrogen) atoms. The number of methoxy groups -OCH3 is 1. The zero-order valence-corrected chi connectivity index (χ0v) is 13.8.